The van der Waals surface area contributed by atoms with E-state index in [0.717, 1.165) is 0 Å². The van der Waals surface area contributed by atoms with E-state index in [4.69, 9.17) is 0 Å². The molecule has 2 aliphatic heterocycles. The fourth-order valence-electron chi connectivity index (χ4n) is 11.9. The fraction of sp³-hybridized carbons (Fsp3) is 0.208. The molecule has 3 aliphatic carbocycles. The average Bonchev–Trinajstić information content (AvgIpc) is 3.80. The van der Waals surface area contributed by atoms with E-state index in [1.807, 2.05) is 0 Å². The first-order chi connectivity index (χ1) is 24.7. The molecule has 0 spiro atoms. The van der Waals surface area contributed by atoms with Crippen LogP contribution in [0.25, 0.3) is 55.5 Å². The van der Waals surface area contributed by atoms with Crippen molar-refractivity contribution in [2.45, 2.75) is 64.1 Å². The molecule has 0 radical (unpaired) electrons. The Kier molecular flexibility index (Phi) is 4.99. The van der Waals surface area contributed by atoms with Crippen molar-refractivity contribution >= 4 is 45.4 Å². The third-order valence-electron chi connectivity index (χ3n) is 13.7. The van der Waals surface area contributed by atoms with Crippen molar-refractivity contribution < 1.29 is 0 Å². The lowest BCUT2D eigenvalue weighted by atomic mass is 9.38. The predicted molar refractivity (Wildman–Crippen MR) is 214 cm³/mol. The molecule has 5 aliphatic rings. The van der Waals surface area contributed by atoms with Crippen LogP contribution in [0.1, 0.15) is 78.3 Å². The average molecular weight is 655 g/mol. The van der Waals surface area contributed by atoms with Gasteiger partial charge >= 0.3 is 6.85 Å². The second kappa shape index (κ2) is 8.95. The summed E-state index contributed by atoms with van der Waals surface area (Å²) in [5.74, 6) is 0.486. The number of aromatic nitrogens is 2. The first kappa shape index (κ1) is 28.4. The highest BCUT2D eigenvalue weighted by atomic mass is 15.1. The molecular weight excluding hydrogens is 615 g/mol. The Bertz CT molecular complexity index is 2830. The number of hydrogen-bond acceptors (Lipinski definition) is 0. The summed E-state index contributed by atoms with van der Waals surface area (Å²) in [6, 6.07) is 39.6. The van der Waals surface area contributed by atoms with Gasteiger partial charge in [-0.25, -0.2) is 0 Å². The van der Waals surface area contributed by atoms with E-state index < -0.39 is 0 Å². The van der Waals surface area contributed by atoms with Crippen molar-refractivity contribution in [2.24, 2.45) is 0 Å². The van der Waals surface area contributed by atoms with Crippen LogP contribution in [0.2, 0.25) is 5.82 Å². The molecule has 0 fully saturated rings. The lowest BCUT2D eigenvalue weighted by Crippen LogP contribution is -2.51. The number of nitrogens with zero attached hydrogens (tertiary/aromatic N) is 2. The zero-order valence-corrected chi connectivity index (χ0v) is 30.1. The maximum Gasteiger partial charge on any atom is 0.306 e. The van der Waals surface area contributed by atoms with Crippen molar-refractivity contribution in [3.05, 3.63) is 160 Å². The number of para-hydroxylation sites is 2. The molecule has 7 aromatic rings. The highest BCUT2D eigenvalue weighted by Crippen LogP contribution is 2.62. The Morgan fingerprint density at radius 1 is 0.627 bits per heavy atom. The van der Waals surface area contributed by atoms with Gasteiger partial charge in [0, 0.05) is 67.1 Å². The van der Waals surface area contributed by atoms with Crippen LogP contribution in [0, 0.1) is 13.8 Å². The molecule has 0 saturated carbocycles. The minimum atomic E-state index is -0.136. The predicted octanol–water partition coefficient (Wildman–Crippen LogP) is 11.0. The van der Waals surface area contributed by atoms with E-state index in [2.05, 4.69) is 166 Å². The molecule has 5 aromatic carbocycles. The van der Waals surface area contributed by atoms with Gasteiger partial charge < -0.3 is 9.05 Å². The number of rotatable bonds is 1. The molecule has 0 amide bonds. The molecule has 51 heavy (non-hydrogen) atoms. The van der Waals surface area contributed by atoms with E-state index >= 15 is 0 Å². The van der Waals surface area contributed by atoms with Gasteiger partial charge in [-0.1, -0.05) is 137 Å². The number of allylic oxidation sites excluding steroid dienone is 4. The molecule has 244 valence electrons. The number of benzene rings is 5. The van der Waals surface area contributed by atoms with Crippen LogP contribution < -0.4 is 5.46 Å². The molecule has 0 N–H and O–H groups in total. The van der Waals surface area contributed by atoms with Gasteiger partial charge in [-0.3, -0.25) is 0 Å². The molecule has 12 rings (SSSR count). The summed E-state index contributed by atoms with van der Waals surface area (Å²) < 4.78 is 5.59. The molecular formula is C48H39BN2. The Labute approximate surface area is 299 Å². The van der Waals surface area contributed by atoms with Gasteiger partial charge in [0.15, 0.2) is 0 Å². The monoisotopic (exact) mass is 654 g/mol. The first-order valence-corrected chi connectivity index (χ1v) is 18.7. The van der Waals surface area contributed by atoms with Crippen molar-refractivity contribution in [1.82, 2.24) is 9.05 Å². The van der Waals surface area contributed by atoms with Crippen LogP contribution in [0.4, 0.5) is 0 Å². The zero-order chi connectivity index (χ0) is 34.3. The van der Waals surface area contributed by atoms with Crippen molar-refractivity contribution in [3.8, 4) is 22.4 Å². The van der Waals surface area contributed by atoms with Gasteiger partial charge in [-0.05, 0) is 75.5 Å². The van der Waals surface area contributed by atoms with Gasteiger partial charge in [0.05, 0.1) is 5.52 Å². The summed E-state index contributed by atoms with van der Waals surface area (Å²) in [5, 5.41) is 2.81. The molecule has 2 nitrogen and oxygen atoms in total. The Morgan fingerprint density at radius 2 is 1.29 bits per heavy atom. The molecule has 2 unspecified atom stereocenters. The highest BCUT2D eigenvalue weighted by Gasteiger charge is 2.54. The number of hydrogen-bond donors (Lipinski definition) is 0. The normalized spacial score (nSPS) is 20.5. The van der Waals surface area contributed by atoms with Gasteiger partial charge in [0.25, 0.3) is 0 Å². The molecule has 2 atom stereocenters. The molecule has 2 aromatic heterocycles. The van der Waals surface area contributed by atoms with E-state index in [1.54, 1.807) is 0 Å². The van der Waals surface area contributed by atoms with Crippen LogP contribution in [-0.4, -0.2) is 15.9 Å². The Hall–Kier alpha value is -5.28. The standard InChI is InChI=1S/C48H39BN2/c1-26-14-11-15-27(2)39(26)28-24-34-29-18-12-20-33-41-45(31-17-8-10-22-36(31)47(41,3)4)51(43(29)33)49-37-23-13-19-32-40-30-16-7-9-21-35(30)48(5,6)46(40)50(44(32)37)38(25-28)42(34)49/h7-25,34,42H,1-6H3. The second-order valence-electron chi connectivity index (χ2n) is 16.9. The van der Waals surface area contributed by atoms with E-state index in [0.29, 0.717) is 0 Å². The summed E-state index contributed by atoms with van der Waals surface area (Å²) in [5.41, 5.74) is 23.9. The summed E-state index contributed by atoms with van der Waals surface area (Å²) in [6.45, 7) is 14.5. The van der Waals surface area contributed by atoms with Crippen molar-refractivity contribution in [2.75, 3.05) is 0 Å². The minimum Gasteiger partial charge on any atom is -0.379 e. The van der Waals surface area contributed by atoms with Crippen LogP contribution in [-0.2, 0) is 10.8 Å². The van der Waals surface area contributed by atoms with Gasteiger partial charge in [-0.2, -0.15) is 0 Å². The highest BCUT2D eigenvalue weighted by molar-refractivity contribution is 6.79. The van der Waals surface area contributed by atoms with Crippen molar-refractivity contribution in [1.29, 1.82) is 0 Å². The van der Waals surface area contributed by atoms with Gasteiger partial charge in [0.1, 0.15) is 0 Å². The SMILES string of the molecule is Cc1cccc(C)c1C1=CC2c3cccc4c5c(n(c34)B3c4cccc6c7c(n(c46)C(=C1)C32)C(C)(C)c1ccccc1-7)-c1ccccc1C5(C)C. The maximum atomic E-state index is 2.83. The van der Waals surface area contributed by atoms with Crippen LogP contribution in [0.15, 0.2) is 115 Å². The summed E-state index contributed by atoms with van der Waals surface area (Å²) in [6.07, 6.45) is 5.26. The topological polar surface area (TPSA) is 9.86 Å². The van der Waals surface area contributed by atoms with E-state index in [9.17, 15) is 0 Å². The first-order valence-electron chi connectivity index (χ1n) is 18.7. The Balaban J connectivity index is 1.29. The lowest BCUT2D eigenvalue weighted by molar-refractivity contribution is 0.619. The van der Waals surface area contributed by atoms with Gasteiger partial charge in [-0.15, -0.1) is 0 Å². The second-order valence-corrected chi connectivity index (χ2v) is 16.9. The lowest BCUT2D eigenvalue weighted by Gasteiger charge is -2.45. The van der Waals surface area contributed by atoms with Gasteiger partial charge in [0.2, 0.25) is 0 Å². The van der Waals surface area contributed by atoms with Crippen LogP contribution in [0.5, 0.6) is 0 Å². The summed E-state index contributed by atoms with van der Waals surface area (Å²) in [4.78, 5) is 0. The third-order valence-corrected chi connectivity index (χ3v) is 13.7. The zero-order valence-electron chi connectivity index (χ0n) is 30.1. The number of fused-ring (bicyclic) bond motifs is 14. The fourth-order valence-corrected chi connectivity index (χ4v) is 11.9. The largest absolute Gasteiger partial charge is 0.379 e. The molecule has 3 heteroatoms. The minimum absolute atomic E-state index is 0.0860. The quantitative estimate of drug-likeness (QED) is 0.156. The van der Waals surface area contributed by atoms with E-state index in [1.165, 1.54) is 106 Å². The smallest absolute Gasteiger partial charge is 0.306 e. The summed E-state index contributed by atoms with van der Waals surface area (Å²) in [7, 11) is 0. The third kappa shape index (κ3) is 3.08. The van der Waals surface area contributed by atoms with E-state index in [-0.39, 0.29) is 29.4 Å². The summed E-state index contributed by atoms with van der Waals surface area (Å²) >= 11 is 0. The molecule has 0 bridgehead atoms. The van der Waals surface area contributed by atoms with Crippen LogP contribution in [0.3, 0.4) is 0 Å². The molecule has 0 saturated heterocycles. The number of aryl methyl sites for hydroxylation is 2. The molecule has 4 heterocycles. The van der Waals surface area contributed by atoms with Crippen LogP contribution >= 0.6 is 0 Å². The maximum absolute atomic E-state index is 2.83. The Morgan fingerprint density at radius 3 is 2.08 bits per heavy atom. The van der Waals surface area contributed by atoms with Crippen molar-refractivity contribution in [3.63, 3.8) is 0 Å².